The Morgan fingerprint density at radius 1 is 1.43 bits per heavy atom. The fourth-order valence-corrected chi connectivity index (χ4v) is 2.34. The highest BCUT2D eigenvalue weighted by Gasteiger charge is 2.29. The van der Waals surface area contributed by atoms with Crippen LogP contribution in [0, 0.1) is 17.8 Å². The van der Waals surface area contributed by atoms with Crippen molar-refractivity contribution >= 4 is 17.6 Å². The van der Waals surface area contributed by atoms with E-state index < -0.39 is 5.56 Å². The number of esters is 1. The molecular formula is C11H19ClO2. The Bertz CT molecular complexity index is 193. The largest absolute Gasteiger partial charge is 0.446 e. The minimum absolute atomic E-state index is 0.154. The molecule has 2 nitrogen and oxygen atoms in total. The van der Waals surface area contributed by atoms with Crippen LogP contribution in [0.3, 0.4) is 0 Å². The molecule has 1 saturated carbocycles. The predicted octanol–water partition coefficient (Wildman–Crippen LogP) is 3.19. The predicted molar refractivity (Wildman–Crippen MR) is 57.1 cm³/mol. The second-order valence-corrected chi connectivity index (χ2v) is 5.14. The van der Waals surface area contributed by atoms with E-state index in [1.165, 1.54) is 0 Å². The van der Waals surface area contributed by atoms with Crippen LogP contribution in [0.5, 0.6) is 0 Å². The number of hydrogen-bond acceptors (Lipinski definition) is 2. The van der Waals surface area contributed by atoms with Crippen molar-refractivity contribution in [3.05, 3.63) is 0 Å². The summed E-state index contributed by atoms with van der Waals surface area (Å²) in [5.41, 5.74) is -0.501. The highest BCUT2D eigenvalue weighted by Crippen LogP contribution is 2.37. The molecule has 0 heterocycles. The van der Waals surface area contributed by atoms with Crippen molar-refractivity contribution in [2.45, 2.75) is 45.6 Å². The molecule has 0 aliphatic heterocycles. The number of carbonyl (C=O) groups is 1. The zero-order valence-electron chi connectivity index (χ0n) is 9.13. The van der Waals surface area contributed by atoms with Gasteiger partial charge < -0.3 is 4.74 Å². The van der Waals surface area contributed by atoms with Crippen molar-refractivity contribution in [1.29, 1.82) is 0 Å². The SMILES string of the molecule is CC(Cl)OC(=O)CC1CC(C)C(C)C1. The van der Waals surface area contributed by atoms with Crippen LogP contribution in [-0.4, -0.2) is 11.5 Å². The Kier molecular flexibility index (Phi) is 4.24. The van der Waals surface area contributed by atoms with E-state index in [9.17, 15) is 4.79 Å². The number of ether oxygens (including phenoxy) is 1. The molecule has 1 rings (SSSR count). The molecule has 0 spiro atoms. The number of carbonyl (C=O) groups excluding carboxylic acids is 1. The number of rotatable bonds is 3. The molecule has 0 saturated heterocycles. The minimum Gasteiger partial charge on any atom is -0.446 e. The highest BCUT2D eigenvalue weighted by molar-refractivity contribution is 6.19. The summed E-state index contributed by atoms with van der Waals surface area (Å²) in [5.74, 6) is 1.82. The Balaban J connectivity index is 2.28. The van der Waals surface area contributed by atoms with Crippen molar-refractivity contribution in [1.82, 2.24) is 0 Å². The first kappa shape index (κ1) is 11.8. The van der Waals surface area contributed by atoms with Crippen LogP contribution in [0.2, 0.25) is 0 Å². The molecule has 14 heavy (non-hydrogen) atoms. The van der Waals surface area contributed by atoms with Crippen molar-refractivity contribution in [2.75, 3.05) is 0 Å². The van der Waals surface area contributed by atoms with Crippen molar-refractivity contribution in [2.24, 2.45) is 17.8 Å². The monoisotopic (exact) mass is 218 g/mol. The molecule has 0 aromatic carbocycles. The van der Waals surface area contributed by atoms with Gasteiger partial charge in [0.1, 0.15) is 0 Å². The Morgan fingerprint density at radius 3 is 2.36 bits per heavy atom. The van der Waals surface area contributed by atoms with Gasteiger partial charge in [-0.3, -0.25) is 4.79 Å². The lowest BCUT2D eigenvalue weighted by molar-refractivity contribution is -0.145. The molecule has 0 radical (unpaired) electrons. The lowest BCUT2D eigenvalue weighted by atomic mass is 10.0. The summed E-state index contributed by atoms with van der Waals surface area (Å²) in [6.07, 6.45) is 2.83. The normalized spacial score (nSPS) is 34.1. The van der Waals surface area contributed by atoms with Crippen LogP contribution in [-0.2, 0) is 9.53 Å². The first-order chi connectivity index (χ1) is 6.49. The summed E-state index contributed by atoms with van der Waals surface area (Å²) in [4.78, 5) is 11.3. The lowest BCUT2D eigenvalue weighted by Gasteiger charge is -2.10. The minimum atomic E-state index is -0.501. The first-order valence-electron chi connectivity index (χ1n) is 5.32. The van der Waals surface area contributed by atoms with E-state index in [-0.39, 0.29) is 5.97 Å². The Labute approximate surface area is 91.0 Å². The van der Waals surface area contributed by atoms with Crippen molar-refractivity contribution < 1.29 is 9.53 Å². The van der Waals surface area contributed by atoms with E-state index in [0.29, 0.717) is 12.3 Å². The van der Waals surface area contributed by atoms with Gasteiger partial charge in [0.15, 0.2) is 5.56 Å². The van der Waals surface area contributed by atoms with Crippen LogP contribution in [0.15, 0.2) is 0 Å². The van der Waals surface area contributed by atoms with Gasteiger partial charge in [0.25, 0.3) is 0 Å². The summed E-state index contributed by atoms with van der Waals surface area (Å²) >= 11 is 5.57. The van der Waals surface area contributed by atoms with Gasteiger partial charge in [-0.25, -0.2) is 0 Å². The second-order valence-electron chi connectivity index (χ2n) is 4.53. The summed E-state index contributed by atoms with van der Waals surface area (Å²) in [6, 6.07) is 0. The average molecular weight is 219 g/mol. The van der Waals surface area contributed by atoms with E-state index >= 15 is 0 Å². The fraction of sp³-hybridized carbons (Fsp3) is 0.909. The summed E-state index contributed by atoms with van der Waals surface area (Å²) in [7, 11) is 0. The lowest BCUT2D eigenvalue weighted by Crippen LogP contribution is -2.13. The van der Waals surface area contributed by atoms with Crippen LogP contribution in [0.25, 0.3) is 0 Å². The Hall–Kier alpha value is -0.240. The molecule has 1 fully saturated rings. The summed E-state index contributed by atoms with van der Waals surface area (Å²) in [6.45, 7) is 6.17. The van der Waals surface area contributed by atoms with Crippen LogP contribution in [0.1, 0.15) is 40.0 Å². The third kappa shape index (κ3) is 3.49. The molecule has 1 aliphatic carbocycles. The molecule has 0 aromatic heterocycles. The number of alkyl halides is 1. The van der Waals surface area contributed by atoms with Gasteiger partial charge in [0.2, 0.25) is 0 Å². The second kappa shape index (κ2) is 5.01. The highest BCUT2D eigenvalue weighted by atomic mass is 35.5. The van der Waals surface area contributed by atoms with Crippen molar-refractivity contribution in [3.8, 4) is 0 Å². The Morgan fingerprint density at radius 2 is 1.93 bits per heavy atom. The van der Waals surface area contributed by atoms with E-state index in [2.05, 4.69) is 13.8 Å². The third-order valence-electron chi connectivity index (χ3n) is 3.13. The third-order valence-corrected chi connectivity index (χ3v) is 3.22. The smallest absolute Gasteiger partial charge is 0.307 e. The van der Waals surface area contributed by atoms with Gasteiger partial charge >= 0.3 is 5.97 Å². The van der Waals surface area contributed by atoms with Gasteiger partial charge in [-0.2, -0.15) is 0 Å². The van der Waals surface area contributed by atoms with Gasteiger partial charge in [0, 0.05) is 6.42 Å². The molecule has 3 unspecified atom stereocenters. The van der Waals surface area contributed by atoms with Crippen LogP contribution >= 0.6 is 11.6 Å². The number of hydrogen-bond donors (Lipinski definition) is 0. The molecule has 1 aliphatic rings. The van der Waals surface area contributed by atoms with Crippen LogP contribution < -0.4 is 0 Å². The van der Waals surface area contributed by atoms with Gasteiger partial charge in [-0.05, 0) is 37.5 Å². The maximum Gasteiger partial charge on any atom is 0.307 e. The van der Waals surface area contributed by atoms with E-state index in [1.54, 1.807) is 6.92 Å². The van der Waals surface area contributed by atoms with Gasteiger partial charge in [-0.15, -0.1) is 0 Å². The maximum atomic E-state index is 11.3. The fourth-order valence-electron chi connectivity index (χ4n) is 2.24. The molecule has 3 heteroatoms. The van der Waals surface area contributed by atoms with Gasteiger partial charge in [-0.1, -0.05) is 25.4 Å². The molecule has 0 bridgehead atoms. The number of halogens is 1. The standard InChI is InChI=1S/C11H19ClO2/c1-7-4-10(5-8(7)2)6-11(13)14-9(3)12/h7-10H,4-6H2,1-3H3. The van der Waals surface area contributed by atoms with Crippen molar-refractivity contribution in [3.63, 3.8) is 0 Å². The topological polar surface area (TPSA) is 26.3 Å². The maximum absolute atomic E-state index is 11.3. The van der Waals surface area contributed by atoms with Crippen LogP contribution in [0.4, 0.5) is 0 Å². The van der Waals surface area contributed by atoms with E-state index in [4.69, 9.17) is 16.3 Å². The molecule has 0 amide bonds. The molecule has 0 aromatic rings. The molecular weight excluding hydrogens is 200 g/mol. The summed E-state index contributed by atoms with van der Waals surface area (Å²) in [5, 5.41) is 0. The molecule has 82 valence electrons. The average Bonchev–Trinajstić information content (AvgIpc) is 2.28. The zero-order chi connectivity index (χ0) is 10.7. The summed E-state index contributed by atoms with van der Waals surface area (Å²) < 4.78 is 4.91. The zero-order valence-corrected chi connectivity index (χ0v) is 9.88. The van der Waals surface area contributed by atoms with E-state index in [0.717, 1.165) is 24.7 Å². The molecule has 0 N–H and O–H groups in total. The van der Waals surface area contributed by atoms with Gasteiger partial charge in [0.05, 0.1) is 0 Å². The molecule has 3 atom stereocenters. The first-order valence-corrected chi connectivity index (χ1v) is 5.76. The van der Waals surface area contributed by atoms with E-state index in [1.807, 2.05) is 0 Å². The quantitative estimate of drug-likeness (QED) is 0.537.